The summed E-state index contributed by atoms with van der Waals surface area (Å²) < 4.78 is 15.6. The number of rotatable bonds is 12. The van der Waals surface area contributed by atoms with E-state index in [1.165, 1.54) is 21.7 Å². The number of aromatic nitrogens is 2. The topological polar surface area (TPSA) is 143 Å². The zero-order chi connectivity index (χ0) is 32.2. The van der Waals surface area contributed by atoms with Crippen molar-refractivity contribution in [2.45, 2.75) is 76.2 Å². The minimum atomic E-state index is -0.750. The molecule has 2 saturated carbocycles. The fraction of sp³-hybridized carbons (Fsp3) is 0.469. The summed E-state index contributed by atoms with van der Waals surface area (Å²) in [5, 5.41) is 10.7. The Morgan fingerprint density at radius 2 is 1.76 bits per heavy atom. The first-order chi connectivity index (χ1) is 21.5. The van der Waals surface area contributed by atoms with Crippen LogP contribution >= 0.6 is 11.6 Å². The fourth-order valence-electron chi connectivity index (χ4n) is 6.01. The van der Waals surface area contributed by atoms with Crippen molar-refractivity contribution in [3.05, 3.63) is 64.1 Å². The van der Waals surface area contributed by atoms with E-state index in [0.29, 0.717) is 22.5 Å². The van der Waals surface area contributed by atoms with Crippen molar-refractivity contribution in [1.29, 1.82) is 0 Å². The van der Waals surface area contributed by atoms with Gasteiger partial charge in [-0.05, 0) is 69.3 Å². The molecule has 0 radical (unpaired) electrons. The average molecular weight is 640 g/mol. The molecule has 4 N–H and O–H groups in total. The Morgan fingerprint density at radius 1 is 1.04 bits per heavy atom. The van der Waals surface area contributed by atoms with Gasteiger partial charge < -0.3 is 26.2 Å². The van der Waals surface area contributed by atoms with Gasteiger partial charge in [0.25, 0.3) is 5.91 Å². The third-order valence-electron chi connectivity index (χ3n) is 8.86. The summed E-state index contributed by atoms with van der Waals surface area (Å²) in [7, 11) is 3.80. The quantitative estimate of drug-likeness (QED) is 0.278. The van der Waals surface area contributed by atoms with Gasteiger partial charge in [0.1, 0.15) is 12.4 Å². The number of nitrogens with zero attached hydrogens (tertiary/aromatic N) is 4. The maximum absolute atomic E-state index is 14.2. The second kappa shape index (κ2) is 13.9. The van der Waals surface area contributed by atoms with Crippen molar-refractivity contribution < 1.29 is 23.6 Å². The lowest BCUT2D eigenvalue weighted by atomic mass is 9.90. The van der Waals surface area contributed by atoms with Crippen molar-refractivity contribution in [2.75, 3.05) is 20.6 Å². The van der Waals surface area contributed by atoms with Gasteiger partial charge in [-0.3, -0.25) is 23.9 Å². The van der Waals surface area contributed by atoms with Crippen LogP contribution in [0.2, 0.25) is 5.02 Å². The van der Waals surface area contributed by atoms with Crippen LogP contribution in [-0.4, -0.2) is 82.0 Å². The first kappa shape index (κ1) is 32.4. The maximum atomic E-state index is 14.2. The normalized spacial score (nSPS) is 18.0. The van der Waals surface area contributed by atoms with Gasteiger partial charge in [-0.1, -0.05) is 29.8 Å². The van der Waals surface area contributed by atoms with Gasteiger partial charge >= 0.3 is 0 Å². The predicted octanol–water partition coefficient (Wildman–Crippen LogP) is 2.77. The summed E-state index contributed by atoms with van der Waals surface area (Å²) in [5.74, 6) is -2.15. The standard InChI is InChI=1S/C32H39ClFN7O4/c1-36-21-7-9-22(10-8-21)39(2)28(43)15-19-6-13-26-24(14-19)31(32(35)45)38-41(26)18-29(44)40(23-11-12-23)17-27(42)37-16-20-4-3-5-25(33)30(20)34/h3-6,13-14,21-23,36H,7-12,15-18H2,1-2H3,(H2,35,45)(H,37,42). The van der Waals surface area contributed by atoms with Gasteiger partial charge in [0.15, 0.2) is 5.69 Å². The highest BCUT2D eigenvalue weighted by molar-refractivity contribution is 6.30. The Labute approximate surface area is 266 Å². The first-order valence-corrected chi connectivity index (χ1v) is 15.6. The first-order valence-electron chi connectivity index (χ1n) is 15.3. The van der Waals surface area contributed by atoms with E-state index in [-0.39, 0.29) is 66.2 Å². The number of benzene rings is 2. The van der Waals surface area contributed by atoms with Crippen LogP contribution in [-0.2, 0) is 33.9 Å². The smallest absolute Gasteiger partial charge is 0.269 e. The lowest BCUT2D eigenvalue weighted by Crippen LogP contribution is -2.43. The highest BCUT2D eigenvalue weighted by Gasteiger charge is 2.34. The Kier molecular flexibility index (Phi) is 10.0. The highest BCUT2D eigenvalue weighted by Crippen LogP contribution is 2.28. The van der Waals surface area contributed by atoms with Gasteiger partial charge in [0.05, 0.1) is 23.5 Å². The van der Waals surface area contributed by atoms with Crippen LogP contribution in [0.15, 0.2) is 36.4 Å². The number of carbonyl (C=O) groups excluding carboxylic acids is 4. The molecule has 240 valence electrons. The van der Waals surface area contributed by atoms with E-state index < -0.39 is 17.6 Å². The van der Waals surface area contributed by atoms with Gasteiger partial charge in [0.2, 0.25) is 17.7 Å². The predicted molar refractivity (Wildman–Crippen MR) is 168 cm³/mol. The number of hydrogen-bond donors (Lipinski definition) is 3. The largest absolute Gasteiger partial charge is 0.364 e. The van der Waals surface area contributed by atoms with Gasteiger partial charge in [0, 0.05) is 42.7 Å². The number of likely N-dealkylation sites (N-methyl/N-ethyl adjacent to an activating group) is 1. The van der Waals surface area contributed by atoms with Crippen molar-refractivity contribution in [3.8, 4) is 0 Å². The molecule has 0 spiro atoms. The number of carbonyl (C=O) groups is 4. The lowest BCUT2D eigenvalue weighted by Gasteiger charge is -2.34. The summed E-state index contributed by atoms with van der Waals surface area (Å²) in [6, 6.07) is 10.4. The van der Waals surface area contributed by atoms with E-state index in [1.54, 1.807) is 24.3 Å². The summed E-state index contributed by atoms with van der Waals surface area (Å²) in [6.07, 6.45) is 5.62. The third-order valence-corrected chi connectivity index (χ3v) is 9.16. The summed E-state index contributed by atoms with van der Waals surface area (Å²) in [5.41, 5.74) is 7.13. The molecule has 13 heteroatoms. The molecule has 2 aromatic carbocycles. The van der Waals surface area contributed by atoms with E-state index >= 15 is 0 Å². The molecule has 0 atom stereocenters. The molecule has 2 fully saturated rings. The summed E-state index contributed by atoms with van der Waals surface area (Å²) >= 11 is 5.83. The van der Waals surface area contributed by atoms with E-state index in [0.717, 1.165) is 38.5 Å². The van der Waals surface area contributed by atoms with Crippen molar-refractivity contribution in [1.82, 2.24) is 30.2 Å². The Balaban J connectivity index is 1.26. The van der Waals surface area contributed by atoms with E-state index in [4.69, 9.17) is 17.3 Å². The number of nitrogens with one attached hydrogen (secondary N) is 2. The molecule has 45 heavy (non-hydrogen) atoms. The second-order valence-corrected chi connectivity index (χ2v) is 12.3. The molecule has 4 amide bonds. The summed E-state index contributed by atoms with van der Waals surface area (Å²) in [4.78, 5) is 55.0. The lowest BCUT2D eigenvalue weighted by molar-refractivity contribution is -0.137. The molecular weight excluding hydrogens is 601 g/mol. The van der Waals surface area contributed by atoms with Crippen LogP contribution in [0.25, 0.3) is 10.9 Å². The zero-order valence-electron chi connectivity index (χ0n) is 25.5. The molecule has 0 aliphatic heterocycles. The zero-order valence-corrected chi connectivity index (χ0v) is 26.3. The third kappa shape index (κ3) is 7.62. The van der Waals surface area contributed by atoms with Crippen molar-refractivity contribution in [3.63, 3.8) is 0 Å². The molecule has 2 aliphatic rings. The Bertz CT molecular complexity index is 1600. The average Bonchev–Trinajstić information content (AvgIpc) is 3.81. The Hall–Kier alpha value is -4.03. The molecule has 1 heterocycles. The summed E-state index contributed by atoms with van der Waals surface area (Å²) in [6.45, 7) is -0.488. The number of hydrogen-bond acceptors (Lipinski definition) is 6. The van der Waals surface area contributed by atoms with E-state index in [9.17, 15) is 23.6 Å². The van der Waals surface area contributed by atoms with Crippen LogP contribution in [0.4, 0.5) is 4.39 Å². The van der Waals surface area contributed by atoms with Gasteiger partial charge in [-0.2, -0.15) is 5.10 Å². The van der Waals surface area contributed by atoms with E-state index in [1.807, 2.05) is 19.0 Å². The minimum Gasteiger partial charge on any atom is -0.364 e. The van der Waals surface area contributed by atoms with Crippen LogP contribution in [0, 0.1) is 5.82 Å². The molecule has 3 aromatic rings. The number of amides is 4. The monoisotopic (exact) mass is 639 g/mol. The molecule has 0 saturated heterocycles. The minimum absolute atomic E-state index is 0.00473. The SMILES string of the molecule is CNC1CCC(N(C)C(=O)Cc2ccc3c(c2)c(C(N)=O)nn3CC(=O)N(CC(=O)NCc2cccc(Cl)c2F)C2CC2)CC1. The molecule has 0 bridgehead atoms. The molecule has 2 aliphatic carbocycles. The number of nitrogens with two attached hydrogens (primary N) is 1. The van der Waals surface area contributed by atoms with Crippen molar-refractivity contribution >= 4 is 46.1 Å². The number of halogens is 2. The number of fused-ring (bicyclic) bond motifs is 1. The molecule has 5 rings (SSSR count). The highest BCUT2D eigenvalue weighted by atomic mass is 35.5. The maximum Gasteiger partial charge on any atom is 0.269 e. The second-order valence-electron chi connectivity index (χ2n) is 11.9. The van der Waals surface area contributed by atoms with E-state index in [2.05, 4.69) is 15.7 Å². The van der Waals surface area contributed by atoms with Gasteiger partial charge in [-0.25, -0.2) is 4.39 Å². The van der Waals surface area contributed by atoms with Crippen LogP contribution in [0.5, 0.6) is 0 Å². The molecular formula is C32H39ClFN7O4. The Morgan fingerprint density at radius 3 is 2.42 bits per heavy atom. The van der Waals surface area contributed by atoms with Crippen LogP contribution in [0.1, 0.15) is 60.1 Å². The molecule has 11 nitrogen and oxygen atoms in total. The number of primary amides is 1. The fourth-order valence-corrected chi connectivity index (χ4v) is 6.20. The van der Waals surface area contributed by atoms with Crippen LogP contribution in [0.3, 0.4) is 0 Å². The van der Waals surface area contributed by atoms with Gasteiger partial charge in [-0.15, -0.1) is 0 Å². The van der Waals surface area contributed by atoms with Crippen LogP contribution < -0.4 is 16.4 Å². The molecule has 0 unspecified atom stereocenters. The molecule has 1 aromatic heterocycles. The van der Waals surface area contributed by atoms with Crippen molar-refractivity contribution in [2.24, 2.45) is 5.73 Å².